The molecule has 0 aliphatic carbocycles. The highest BCUT2D eigenvalue weighted by molar-refractivity contribution is 7.13. The van der Waals surface area contributed by atoms with Crippen LogP contribution in [-0.2, 0) is 0 Å². The van der Waals surface area contributed by atoms with E-state index in [2.05, 4.69) is 5.32 Å². The summed E-state index contributed by atoms with van der Waals surface area (Å²) in [7, 11) is 0. The average molecular weight is 446 g/mol. The summed E-state index contributed by atoms with van der Waals surface area (Å²) in [6, 6.07) is 17.2. The second kappa shape index (κ2) is 8.59. The molecule has 1 N–H and O–H groups in total. The minimum Gasteiger partial charge on any atom is -0.456 e. The molecule has 0 bridgehead atoms. The van der Waals surface area contributed by atoms with Gasteiger partial charge in [0.05, 0.1) is 21.7 Å². The van der Waals surface area contributed by atoms with Crippen LogP contribution in [0, 0.1) is 6.92 Å². The second-order valence-electron chi connectivity index (χ2n) is 8.00. The number of furan rings is 1. The van der Waals surface area contributed by atoms with Crippen LogP contribution in [0.2, 0.25) is 0 Å². The Morgan fingerprint density at radius 2 is 1.91 bits per heavy atom. The second-order valence-corrected chi connectivity index (χ2v) is 8.95. The number of amides is 2. The molecule has 4 heterocycles. The molecule has 1 aliphatic rings. The molecule has 162 valence electrons. The highest BCUT2D eigenvalue weighted by atomic mass is 32.1. The summed E-state index contributed by atoms with van der Waals surface area (Å²) in [5, 5.41) is 5.90. The van der Waals surface area contributed by atoms with Gasteiger partial charge < -0.3 is 14.6 Å². The summed E-state index contributed by atoms with van der Waals surface area (Å²) in [6.07, 6.45) is 1.41. The number of pyridine rings is 1. The maximum Gasteiger partial charge on any atom is 0.287 e. The van der Waals surface area contributed by atoms with E-state index in [0.717, 1.165) is 21.5 Å². The van der Waals surface area contributed by atoms with Gasteiger partial charge in [-0.25, -0.2) is 4.98 Å². The summed E-state index contributed by atoms with van der Waals surface area (Å²) >= 11 is 1.61. The van der Waals surface area contributed by atoms with E-state index in [9.17, 15) is 9.59 Å². The van der Waals surface area contributed by atoms with Crippen molar-refractivity contribution in [3.63, 3.8) is 0 Å². The quantitative estimate of drug-likeness (QED) is 0.485. The number of nitrogens with one attached hydrogen (secondary N) is 1. The van der Waals surface area contributed by atoms with Crippen LogP contribution in [0.3, 0.4) is 0 Å². The number of nitrogens with zero attached hydrogens (tertiary/aromatic N) is 2. The smallest absolute Gasteiger partial charge is 0.287 e. The van der Waals surface area contributed by atoms with Crippen LogP contribution in [0.15, 0.2) is 64.4 Å². The van der Waals surface area contributed by atoms with Crippen molar-refractivity contribution in [1.29, 1.82) is 0 Å². The number of carbonyl (C=O) groups excluding carboxylic acids is 2. The van der Waals surface area contributed by atoms with Gasteiger partial charge in [-0.1, -0.05) is 24.3 Å². The Bertz CT molecular complexity index is 1270. The molecule has 5 rings (SSSR count). The number of hydrogen-bond donors (Lipinski definition) is 1. The van der Waals surface area contributed by atoms with Crippen molar-refractivity contribution in [2.75, 3.05) is 13.1 Å². The first-order chi connectivity index (χ1) is 15.6. The molecule has 1 fully saturated rings. The molecule has 1 aliphatic heterocycles. The van der Waals surface area contributed by atoms with Crippen molar-refractivity contribution in [3.8, 4) is 10.6 Å². The highest BCUT2D eigenvalue weighted by Crippen LogP contribution is 2.29. The Balaban J connectivity index is 1.32. The first kappa shape index (κ1) is 20.5. The lowest BCUT2D eigenvalue weighted by Gasteiger charge is -2.32. The van der Waals surface area contributed by atoms with Gasteiger partial charge in [0.15, 0.2) is 5.76 Å². The molecule has 0 atom stereocenters. The standard InChI is InChI=1S/C25H23N3O3S/c1-16-8-9-22(31-16)24(29)26-17-10-12-28(13-11-17)25(30)19-15-21(23-7-4-14-32-23)27-20-6-3-2-5-18(19)20/h2-9,14-15,17H,10-13H2,1H3,(H,26,29). The van der Waals surface area contributed by atoms with E-state index in [1.807, 2.05) is 59.7 Å². The first-order valence-corrected chi connectivity index (χ1v) is 11.6. The minimum atomic E-state index is -0.205. The third-order valence-electron chi connectivity index (χ3n) is 5.80. The Labute approximate surface area is 189 Å². The average Bonchev–Trinajstić information content (AvgIpc) is 3.50. The van der Waals surface area contributed by atoms with E-state index in [4.69, 9.17) is 9.40 Å². The van der Waals surface area contributed by atoms with E-state index < -0.39 is 0 Å². The van der Waals surface area contributed by atoms with Crippen molar-refractivity contribution in [2.24, 2.45) is 0 Å². The minimum absolute atomic E-state index is 0.00726. The monoisotopic (exact) mass is 445 g/mol. The normalized spacial score (nSPS) is 14.6. The van der Waals surface area contributed by atoms with Gasteiger partial charge in [0, 0.05) is 24.5 Å². The van der Waals surface area contributed by atoms with Gasteiger partial charge in [-0.2, -0.15) is 0 Å². The summed E-state index contributed by atoms with van der Waals surface area (Å²) < 4.78 is 5.41. The Morgan fingerprint density at radius 1 is 1.09 bits per heavy atom. The molecule has 1 aromatic carbocycles. The maximum absolute atomic E-state index is 13.5. The van der Waals surface area contributed by atoms with Gasteiger partial charge >= 0.3 is 0 Å². The number of fused-ring (bicyclic) bond motifs is 1. The van der Waals surface area contributed by atoms with Gasteiger partial charge in [0.1, 0.15) is 5.76 Å². The number of piperidine rings is 1. The molecule has 1 saturated heterocycles. The van der Waals surface area contributed by atoms with Gasteiger partial charge in [-0.3, -0.25) is 9.59 Å². The number of carbonyl (C=O) groups is 2. The molecule has 0 saturated carbocycles. The predicted octanol–water partition coefficient (Wildman–Crippen LogP) is 4.90. The number of benzene rings is 1. The number of aryl methyl sites for hydroxylation is 1. The maximum atomic E-state index is 13.5. The fourth-order valence-corrected chi connectivity index (χ4v) is 4.80. The zero-order valence-corrected chi connectivity index (χ0v) is 18.5. The van der Waals surface area contributed by atoms with Crippen molar-refractivity contribution in [3.05, 3.63) is 77.1 Å². The van der Waals surface area contributed by atoms with Crippen LogP contribution in [0.1, 0.15) is 39.5 Å². The number of thiophene rings is 1. The number of hydrogen-bond acceptors (Lipinski definition) is 5. The molecule has 0 radical (unpaired) electrons. The number of rotatable bonds is 4. The Kier molecular flexibility index (Phi) is 5.49. The molecule has 0 unspecified atom stereocenters. The fraction of sp³-hybridized carbons (Fsp3) is 0.240. The number of aromatic nitrogens is 1. The van der Waals surface area contributed by atoms with E-state index in [0.29, 0.717) is 43.0 Å². The van der Waals surface area contributed by atoms with Gasteiger partial charge in [-0.05, 0) is 55.5 Å². The number of para-hydroxylation sites is 1. The molecule has 4 aromatic rings. The molecule has 2 amide bonds. The predicted molar refractivity (Wildman–Crippen MR) is 125 cm³/mol. The third-order valence-corrected chi connectivity index (χ3v) is 6.69. The summed E-state index contributed by atoms with van der Waals surface area (Å²) in [5.74, 6) is 0.837. The summed E-state index contributed by atoms with van der Waals surface area (Å²) in [6.45, 7) is 2.99. The Morgan fingerprint density at radius 3 is 2.62 bits per heavy atom. The largest absolute Gasteiger partial charge is 0.456 e. The summed E-state index contributed by atoms with van der Waals surface area (Å²) in [5.41, 5.74) is 2.31. The summed E-state index contributed by atoms with van der Waals surface area (Å²) in [4.78, 5) is 33.5. The van der Waals surface area contributed by atoms with Gasteiger partial charge in [-0.15, -0.1) is 11.3 Å². The zero-order chi connectivity index (χ0) is 22.1. The topological polar surface area (TPSA) is 75.4 Å². The van der Waals surface area contributed by atoms with Crippen molar-refractivity contribution in [2.45, 2.75) is 25.8 Å². The first-order valence-electron chi connectivity index (χ1n) is 10.7. The highest BCUT2D eigenvalue weighted by Gasteiger charge is 2.27. The molecule has 6 nitrogen and oxygen atoms in total. The van der Waals surface area contributed by atoms with Crippen LogP contribution >= 0.6 is 11.3 Å². The molecular weight excluding hydrogens is 422 g/mol. The molecule has 3 aromatic heterocycles. The van der Waals surface area contributed by atoms with Crippen molar-refractivity contribution < 1.29 is 14.0 Å². The van der Waals surface area contributed by atoms with Crippen molar-refractivity contribution in [1.82, 2.24) is 15.2 Å². The lowest BCUT2D eigenvalue weighted by molar-refractivity contribution is 0.0697. The zero-order valence-electron chi connectivity index (χ0n) is 17.7. The van der Waals surface area contributed by atoms with Crippen LogP contribution in [0.4, 0.5) is 0 Å². The van der Waals surface area contributed by atoms with Crippen LogP contribution in [0.5, 0.6) is 0 Å². The third kappa shape index (κ3) is 4.03. The van der Waals surface area contributed by atoms with E-state index >= 15 is 0 Å². The van der Waals surface area contributed by atoms with Gasteiger partial charge in [0.25, 0.3) is 11.8 Å². The van der Waals surface area contributed by atoms with Crippen molar-refractivity contribution >= 4 is 34.1 Å². The molecule has 32 heavy (non-hydrogen) atoms. The van der Waals surface area contributed by atoms with E-state index in [1.165, 1.54) is 0 Å². The molecule has 7 heteroatoms. The van der Waals surface area contributed by atoms with E-state index in [-0.39, 0.29) is 17.9 Å². The Hall–Kier alpha value is -3.45. The van der Waals surface area contributed by atoms with Crippen LogP contribution in [-0.4, -0.2) is 40.8 Å². The van der Waals surface area contributed by atoms with Crippen LogP contribution in [0.25, 0.3) is 21.5 Å². The lowest BCUT2D eigenvalue weighted by Crippen LogP contribution is -2.46. The van der Waals surface area contributed by atoms with Gasteiger partial charge in [0.2, 0.25) is 0 Å². The molecule has 0 spiro atoms. The fourth-order valence-electron chi connectivity index (χ4n) is 4.11. The SMILES string of the molecule is Cc1ccc(C(=O)NC2CCN(C(=O)c3cc(-c4cccs4)nc4ccccc34)CC2)o1. The lowest BCUT2D eigenvalue weighted by atomic mass is 10.0. The molecular formula is C25H23N3O3S. The van der Waals surface area contributed by atoms with Crippen LogP contribution < -0.4 is 5.32 Å². The number of likely N-dealkylation sites (tertiary alicyclic amines) is 1. The van der Waals surface area contributed by atoms with E-state index in [1.54, 1.807) is 23.5 Å².